The number of urea groups is 1. The zero-order valence-electron chi connectivity index (χ0n) is 18.9. The fourth-order valence-electron chi connectivity index (χ4n) is 3.47. The summed E-state index contributed by atoms with van der Waals surface area (Å²) in [7, 11) is 0. The van der Waals surface area contributed by atoms with Crippen molar-refractivity contribution in [1.29, 1.82) is 0 Å². The molecule has 3 aromatic carbocycles. The van der Waals surface area contributed by atoms with Crippen molar-refractivity contribution in [2.24, 2.45) is 0 Å². The highest BCUT2D eigenvalue weighted by molar-refractivity contribution is 9.10. The Hall–Kier alpha value is -3.33. The van der Waals surface area contributed by atoms with Gasteiger partial charge in [0.05, 0.1) is 22.3 Å². The highest BCUT2D eigenvalue weighted by atomic mass is 79.9. The van der Waals surface area contributed by atoms with E-state index in [0.717, 1.165) is 10.5 Å². The van der Waals surface area contributed by atoms with Crippen LogP contribution in [-0.2, 0) is 16.2 Å². The first-order chi connectivity index (χ1) is 17.3. The first-order valence-corrected chi connectivity index (χ1v) is 12.3. The maximum absolute atomic E-state index is 13.1. The van der Waals surface area contributed by atoms with Crippen LogP contribution in [-0.4, -0.2) is 24.5 Å². The molecule has 0 aromatic heterocycles. The topological polar surface area (TPSA) is 84.9 Å². The maximum Gasteiger partial charge on any atom is 0.335 e. The monoisotopic (exact) mass is 588 g/mol. The van der Waals surface area contributed by atoms with Crippen molar-refractivity contribution in [3.63, 3.8) is 0 Å². The molecule has 1 N–H and O–H groups in total. The van der Waals surface area contributed by atoms with Crippen LogP contribution in [0.25, 0.3) is 6.08 Å². The molecule has 4 rings (SSSR count). The van der Waals surface area contributed by atoms with Gasteiger partial charge in [0.25, 0.3) is 11.8 Å². The van der Waals surface area contributed by atoms with Gasteiger partial charge in [0.1, 0.15) is 12.2 Å². The molecule has 10 heteroatoms. The number of nitrogens with zero attached hydrogens (tertiary/aromatic N) is 1. The summed E-state index contributed by atoms with van der Waals surface area (Å²) in [5.74, 6) is -0.625. The summed E-state index contributed by atoms with van der Waals surface area (Å²) in [6.07, 6.45) is 1.40. The molecule has 1 aliphatic rings. The summed E-state index contributed by atoms with van der Waals surface area (Å²) in [5.41, 5.74) is 1.47. The first kappa shape index (κ1) is 25.8. The summed E-state index contributed by atoms with van der Waals surface area (Å²) >= 11 is 15.4. The molecule has 0 radical (unpaired) electrons. The Bertz CT molecular complexity index is 1390. The van der Waals surface area contributed by atoms with E-state index in [1.807, 2.05) is 6.92 Å². The number of halogens is 3. The third-order valence-corrected chi connectivity index (χ3v) is 6.36. The normalized spacial score (nSPS) is 14.7. The van der Waals surface area contributed by atoms with E-state index in [-0.39, 0.29) is 12.2 Å². The summed E-state index contributed by atoms with van der Waals surface area (Å²) in [5, 5.41) is 3.09. The Morgan fingerprint density at radius 2 is 1.75 bits per heavy atom. The molecule has 0 saturated carbocycles. The molecule has 7 nitrogen and oxygen atoms in total. The molecular weight excluding hydrogens is 571 g/mol. The van der Waals surface area contributed by atoms with Gasteiger partial charge in [-0.25, -0.2) is 9.69 Å². The SMILES string of the molecule is CCOc1cc(/C=C2\C(=O)NC(=O)N(c3cccc(Br)c3)C2=O)ccc1OCc1ccc(Cl)c(Cl)c1. The third-order valence-electron chi connectivity index (χ3n) is 5.13. The minimum absolute atomic E-state index is 0.193. The Morgan fingerprint density at radius 3 is 2.47 bits per heavy atom. The number of hydrogen-bond donors (Lipinski definition) is 1. The Balaban J connectivity index is 1.61. The Labute approximate surface area is 225 Å². The van der Waals surface area contributed by atoms with Crippen LogP contribution in [0.1, 0.15) is 18.1 Å². The number of amides is 4. The van der Waals surface area contributed by atoms with Crippen LogP contribution < -0.4 is 19.7 Å². The molecule has 0 aliphatic carbocycles. The van der Waals surface area contributed by atoms with Crippen LogP contribution in [0.3, 0.4) is 0 Å². The number of carbonyl (C=O) groups is 3. The van der Waals surface area contributed by atoms with Gasteiger partial charge in [-0.3, -0.25) is 14.9 Å². The van der Waals surface area contributed by atoms with Crippen molar-refractivity contribution in [2.75, 3.05) is 11.5 Å². The second-order valence-electron chi connectivity index (χ2n) is 7.61. The number of barbiturate groups is 1. The van der Waals surface area contributed by atoms with E-state index in [9.17, 15) is 14.4 Å². The van der Waals surface area contributed by atoms with Gasteiger partial charge in [0.2, 0.25) is 0 Å². The van der Waals surface area contributed by atoms with E-state index >= 15 is 0 Å². The van der Waals surface area contributed by atoms with E-state index in [1.165, 1.54) is 6.08 Å². The van der Waals surface area contributed by atoms with Gasteiger partial charge >= 0.3 is 6.03 Å². The van der Waals surface area contributed by atoms with Crippen molar-refractivity contribution in [2.45, 2.75) is 13.5 Å². The number of rotatable bonds is 7. The summed E-state index contributed by atoms with van der Waals surface area (Å²) in [4.78, 5) is 39.0. The van der Waals surface area contributed by atoms with Gasteiger partial charge in [-0.2, -0.15) is 0 Å². The first-order valence-electron chi connectivity index (χ1n) is 10.8. The predicted octanol–water partition coefficient (Wildman–Crippen LogP) is 6.40. The molecule has 3 aromatic rings. The average Bonchev–Trinajstić information content (AvgIpc) is 2.83. The molecule has 0 bridgehead atoms. The highest BCUT2D eigenvalue weighted by Crippen LogP contribution is 2.32. The molecule has 0 unspecified atom stereocenters. The lowest BCUT2D eigenvalue weighted by Gasteiger charge is -2.26. The van der Waals surface area contributed by atoms with Crippen molar-refractivity contribution in [3.8, 4) is 11.5 Å². The lowest BCUT2D eigenvalue weighted by atomic mass is 10.1. The fourth-order valence-corrected chi connectivity index (χ4v) is 4.17. The van der Waals surface area contributed by atoms with Crippen LogP contribution in [0, 0.1) is 0 Å². The number of anilines is 1. The van der Waals surface area contributed by atoms with Crippen LogP contribution in [0.4, 0.5) is 10.5 Å². The third kappa shape index (κ3) is 5.73. The molecule has 4 amide bonds. The Morgan fingerprint density at radius 1 is 0.944 bits per heavy atom. The molecule has 0 spiro atoms. The smallest absolute Gasteiger partial charge is 0.335 e. The number of imide groups is 2. The van der Waals surface area contributed by atoms with Crippen molar-refractivity contribution >= 4 is 68.7 Å². The summed E-state index contributed by atoms with van der Waals surface area (Å²) < 4.78 is 12.3. The quantitative estimate of drug-likeness (QED) is 0.255. The molecule has 184 valence electrons. The van der Waals surface area contributed by atoms with Crippen LogP contribution in [0.5, 0.6) is 11.5 Å². The van der Waals surface area contributed by atoms with E-state index in [1.54, 1.807) is 60.7 Å². The van der Waals surface area contributed by atoms with Gasteiger partial charge in [0, 0.05) is 4.47 Å². The zero-order chi connectivity index (χ0) is 25.8. The van der Waals surface area contributed by atoms with Crippen LogP contribution in [0.2, 0.25) is 10.0 Å². The largest absolute Gasteiger partial charge is 0.490 e. The minimum Gasteiger partial charge on any atom is -0.490 e. The second-order valence-corrected chi connectivity index (χ2v) is 9.34. The molecule has 36 heavy (non-hydrogen) atoms. The van der Waals surface area contributed by atoms with Crippen LogP contribution in [0.15, 0.2) is 70.7 Å². The predicted molar refractivity (Wildman–Crippen MR) is 142 cm³/mol. The summed E-state index contributed by atoms with van der Waals surface area (Å²) in [6, 6.07) is 16.1. The van der Waals surface area contributed by atoms with E-state index in [4.69, 9.17) is 32.7 Å². The molecule has 1 heterocycles. The van der Waals surface area contributed by atoms with Gasteiger partial charge in [0.15, 0.2) is 11.5 Å². The van der Waals surface area contributed by atoms with Crippen molar-refractivity contribution in [1.82, 2.24) is 5.32 Å². The highest BCUT2D eigenvalue weighted by Gasteiger charge is 2.36. The van der Waals surface area contributed by atoms with E-state index < -0.39 is 17.8 Å². The average molecular weight is 590 g/mol. The standard InChI is InChI=1S/C26H19BrCl2N2O5/c1-2-35-23-12-15(7-9-22(23)36-14-16-6-8-20(28)21(29)11-16)10-19-24(32)30-26(34)31(25(19)33)18-5-3-4-17(27)13-18/h3-13H,2,14H2,1H3,(H,30,32,34)/b19-10+. The van der Waals surface area contributed by atoms with Gasteiger partial charge in [-0.15, -0.1) is 0 Å². The van der Waals surface area contributed by atoms with Gasteiger partial charge in [-0.05, 0) is 66.6 Å². The molecule has 1 aliphatic heterocycles. The molecular formula is C26H19BrCl2N2O5. The fraction of sp³-hybridized carbons (Fsp3) is 0.115. The molecule has 1 saturated heterocycles. The lowest BCUT2D eigenvalue weighted by Crippen LogP contribution is -2.54. The number of nitrogens with one attached hydrogen (secondary N) is 1. The van der Waals surface area contributed by atoms with Crippen LogP contribution >= 0.6 is 39.1 Å². The van der Waals surface area contributed by atoms with Gasteiger partial charge in [-0.1, -0.05) is 57.3 Å². The number of benzene rings is 3. The second kappa shape index (κ2) is 11.2. The van der Waals surface area contributed by atoms with E-state index in [0.29, 0.717) is 43.9 Å². The Kier molecular flexibility index (Phi) is 7.98. The van der Waals surface area contributed by atoms with Crippen molar-refractivity contribution in [3.05, 3.63) is 91.9 Å². The lowest BCUT2D eigenvalue weighted by molar-refractivity contribution is -0.122. The van der Waals surface area contributed by atoms with Crippen molar-refractivity contribution < 1.29 is 23.9 Å². The molecule has 0 atom stereocenters. The van der Waals surface area contributed by atoms with Gasteiger partial charge < -0.3 is 9.47 Å². The van der Waals surface area contributed by atoms with E-state index in [2.05, 4.69) is 21.2 Å². The molecule has 1 fully saturated rings. The number of ether oxygens (including phenoxy) is 2. The number of carbonyl (C=O) groups excluding carboxylic acids is 3. The summed E-state index contributed by atoms with van der Waals surface area (Å²) in [6.45, 7) is 2.42. The number of hydrogen-bond acceptors (Lipinski definition) is 5. The maximum atomic E-state index is 13.1. The minimum atomic E-state index is -0.818. The zero-order valence-corrected chi connectivity index (χ0v) is 22.0.